The maximum atomic E-state index is 5.96. The van der Waals surface area contributed by atoms with Crippen molar-refractivity contribution in [2.45, 2.75) is 77.6 Å². The smallest absolute Gasteiger partial charge is 0.191 e. The van der Waals surface area contributed by atoms with Gasteiger partial charge in [0, 0.05) is 50.3 Å². The van der Waals surface area contributed by atoms with E-state index in [9.17, 15) is 0 Å². The third-order valence-electron chi connectivity index (χ3n) is 6.66. The number of ether oxygens (including phenoxy) is 1. The molecule has 0 bridgehead atoms. The quantitative estimate of drug-likeness (QED) is 0.373. The molecule has 4 unspecified atom stereocenters. The van der Waals surface area contributed by atoms with Crippen LogP contribution in [0.1, 0.15) is 53.4 Å². The van der Waals surface area contributed by atoms with E-state index >= 15 is 0 Å². The zero-order valence-electron chi connectivity index (χ0n) is 16.5. The van der Waals surface area contributed by atoms with E-state index in [1.54, 1.807) is 0 Å². The average molecular weight is 464 g/mol. The Morgan fingerprint density at radius 1 is 1.28 bits per heavy atom. The van der Waals surface area contributed by atoms with E-state index in [0.29, 0.717) is 35.6 Å². The van der Waals surface area contributed by atoms with Crippen LogP contribution in [0.2, 0.25) is 0 Å². The second-order valence-electron chi connectivity index (χ2n) is 8.31. The van der Waals surface area contributed by atoms with Gasteiger partial charge >= 0.3 is 0 Å². The predicted octanol–water partition coefficient (Wildman–Crippen LogP) is 2.85. The van der Waals surface area contributed by atoms with Crippen molar-refractivity contribution >= 4 is 29.9 Å². The second-order valence-corrected chi connectivity index (χ2v) is 8.31. The minimum absolute atomic E-state index is 0. The zero-order valence-corrected chi connectivity index (χ0v) is 18.9. The Bertz CT molecular complexity index is 466. The van der Waals surface area contributed by atoms with Crippen LogP contribution < -0.4 is 10.6 Å². The predicted molar refractivity (Wildman–Crippen MR) is 115 cm³/mol. The van der Waals surface area contributed by atoms with Gasteiger partial charge in [0.2, 0.25) is 0 Å². The summed E-state index contributed by atoms with van der Waals surface area (Å²) < 4.78 is 5.96. The van der Waals surface area contributed by atoms with E-state index < -0.39 is 0 Å². The molecule has 1 aliphatic heterocycles. The van der Waals surface area contributed by atoms with Gasteiger partial charge in [-0.2, -0.15) is 0 Å². The highest BCUT2D eigenvalue weighted by molar-refractivity contribution is 14.0. The Hall–Kier alpha value is -0.0800. The Labute approximate surface area is 170 Å². The van der Waals surface area contributed by atoms with Crippen molar-refractivity contribution < 1.29 is 4.74 Å². The van der Waals surface area contributed by atoms with Gasteiger partial charge in [0.25, 0.3) is 0 Å². The van der Waals surface area contributed by atoms with E-state index in [-0.39, 0.29) is 24.0 Å². The van der Waals surface area contributed by atoms with Crippen LogP contribution in [0.15, 0.2) is 4.99 Å². The second kappa shape index (κ2) is 8.74. The van der Waals surface area contributed by atoms with Crippen molar-refractivity contribution in [1.29, 1.82) is 0 Å². The number of aliphatic imine (C=N–C) groups is 1. The Kier molecular flexibility index (Phi) is 7.42. The molecule has 2 saturated carbocycles. The number of hydrogen-bond acceptors (Lipinski definition) is 3. The molecule has 1 heterocycles. The highest BCUT2D eigenvalue weighted by Crippen LogP contribution is 2.57. The van der Waals surface area contributed by atoms with Crippen molar-refractivity contribution in [3.63, 3.8) is 0 Å². The summed E-state index contributed by atoms with van der Waals surface area (Å²) >= 11 is 0. The number of halogens is 1. The summed E-state index contributed by atoms with van der Waals surface area (Å²) in [7, 11) is 1.89. The number of hydrogen-bond donors (Lipinski definition) is 2. The van der Waals surface area contributed by atoms with Crippen LogP contribution >= 0.6 is 24.0 Å². The first-order chi connectivity index (χ1) is 11.5. The Morgan fingerprint density at radius 2 is 2.00 bits per heavy atom. The van der Waals surface area contributed by atoms with E-state index in [4.69, 9.17) is 4.74 Å². The normalized spacial score (nSPS) is 34.4. The fraction of sp³-hybridized carbons (Fsp3) is 0.947. The summed E-state index contributed by atoms with van der Waals surface area (Å²) in [6.45, 7) is 12.1. The molecule has 2 aliphatic carbocycles. The number of nitrogens with zero attached hydrogens (tertiary/aromatic N) is 2. The molecule has 3 rings (SSSR count). The van der Waals surface area contributed by atoms with Crippen LogP contribution in [0.5, 0.6) is 0 Å². The van der Waals surface area contributed by atoms with Crippen molar-refractivity contribution in [1.82, 2.24) is 15.5 Å². The van der Waals surface area contributed by atoms with Crippen molar-refractivity contribution in [3.05, 3.63) is 0 Å². The molecule has 0 radical (unpaired) electrons. The number of rotatable bonds is 5. The molecule has 0 aromatic rings. The molecule has 0 aromatic carbocycles. The van der Waals surface area contributed by atoms with Gasteiger partial charge < -0.3 is 15.4 Å². The third kappa shape index (κ3) is 4.10. The minimum Gasteiger partial charge on any atom is -0.378 e. The monoisotopic (exact) mass is 464 g/mol. The molecular formula is C19H37IN4O. The standard InChI is InChI=1S/C19H36N4O.HI/c1-6-24-17-10-16(19(17)8-7-9-19)22-18(20-5)21-15-12-23(13(2)3)11-14(15)4;/h13-17H,6-12H2,1-5H3,(H2,20,21,22);1H. The van der Waals surface area contributed by atoms with Gasteiger partial charge in [0.05, 0.1) is 6.10 Å². The lowest BCUT2D eigenvalue weighted by Crippen LogP contribution is -2.69. The number of likely N-dealkylation sites (tertiary alicyclic amines) is 1. The largest absolute Gasteiger partial charge is 0.378 e. The molecular weight excluding hydrogens is 427 g/mol. The minimum atomic E-state index is 0. The maximum Gasteiger partial charge on any atom is 0.191 e. The van der Waals surface area contributed by atoms with Crippen LogP contribution in [0.3, 0.4) is 0 Å². The lowest BCUT2D eigenvalue weighted by atomic mass is 9.51. The number of nitrogens with one attached hydrogen (secondary N) is 2. The third-order valence-corrected chi connectivity index (χ3v) is 6.66. The Balaban J connectivity index is 0.00000225. The van der Waals surface area contributed by atoms with Gasteiger partial charge in [0.1, 0.15) is 0 Å². The SMILES string of the molecule is CCOC1CC(NC(=NC)NC2CN(C(C)C)CC2C)C12CCC2.I. The van der Waals surface area contributed by atoms with Crippen LogP contribution in [-0.4, -0.2) is 61.8 Å². The molecule has 4 atom stereocenters. The molecule has 6 heteroatoms. The summed E-state index contributed by atoms with van der Waals surface area (Å²) in [6, 6.07) is 1.62. The first-order valence-corrected chi connectivity index (χ1v) is 9.85. The zero-order chi connectivity index (χ0) is 17.3. The van der Waals surface area contributed by atoms with Gasteiger partial charge in [-0.3, -0.25) is 9.89 Å². The lowest BCUT2D eigenvalue weighted by Gasteiger charge is -2.61. The topological polar surface area (TPSA) is 48.9 Å². The van der Waals surface area contributed by atoms with Gasteiger partial charge in [-0.25, -0.2) is 0 Å². The van der Waals surface area contributed by atoms with Crippen molar-refractivity contribution in [3.8, 4) is 0 Å². The molecule has 2 N–H and O–H groups in total. The van der Waals surface area contributed by atoms with Crippen LogP contribution in [-0.2, 0) is 4.74 Å². The van der Waals surface area contributed by atoms with E-state index in [1.165, 1.54) is 25.8 Å². The molecule has 25 heavy (non-hydrogen) atoms. The first kappa shape index (κ1) is 21.2. The molecule has 0 aromatic heterocycles. The highest BCUT2D eigenvalue weighted by Gasteiger charge is 2.59. The van der Waals surface area contributed by atoms with E-state index in [1.807, 2.05) is 7.05 Å². The average Bonchev–Trinajstić information content (AvgIpc) is 2.84. The molecule has 146 valence electrons. The van der Waals surface area contributed by atoms with Crippen LogP contribution in [0, 0.1) is 11.3 Å². The van der Waals surface area contributed by atoms with E-state index in [0.717, 1.165) is 25.5 Å². The van der Waals surface area contributed by atoms with Crippen molar-refractivity contribution in [2.75, 3.05) is 26.7 Å². The first-order valence-electron chi connectivity index (χ1n) is 9.85. The number of guanidine groups is 1. The van der Waals surface area contributed by atoms with Gasteiger partial charge in [-0.05, 0) is 46.0 Å². The summed E-state index contributed by atoms with van der Waals surface area (Å²) in [5.41, 5.74) is 0.374. The van der Waals surface area contributed by atoms with Gasteiger partial charge in [0.15, 0.2) is 5.96 Å². The van der Waals surface area contributed by atoms with Crippen LogP contribution in [0.25, 0.3) is 0 Å². The fourth-order valence-corrected chi connectivity index (χ4v) is 4.77. The molecule has 3 aliphatic rings. The molecule has 1 saturated heterocycles. The van der Waals surface area contributed by atoms with Crippen molar-refractivity contribution in [2.24, 2.45) is 16.3 Å². The fourth-order valence-electron chi connectivity index (χ4n) is 4.77. The Morgan fingerprint density at radius 3 is 2.48 bits per heavy atom. The summed E-state index contributed by atoms with van der Waals surface area (Å²) in [6.07, 6.45) is 5.51. The van der Waals surface area contributed by atoms with Gasteiger partial charge in [-0.15, -0.1) is 24.0 Å². The molecule has 1 spiro atoms. The van der Waals surface area contributed by atoms with Gasteiger partial charge in [-0.1, -0.05) is 13.3 Å². The summed E-state index contributed by atoms with van der Waals surface area (Å²) in [5, 5.41) is 7.40. The molecule has 3 fully saturated rings. The summed E-state index contributed by atoms with van der Waals surface area (Å²) in [5.74, 6) is 1.63. The molecule has 5 nitrogen and oxygen atoms in total. The molecule has 0 amide bonds. The summed E-state index contributed by atoms with van der Waals surface area (Å²) in [4.78, 5) is 7.06. The van der Waals surface area contributed by atoms with E-state index in [2.05, 4.69) is 48.2 Å². The lowest BCUT2D eigenvalue weighted by molar-refractivity contribution is -0.168. The maximum absolute atomic E-state index is 5.96. The highest BCUT2D eigenvalue weighted by atomic mass is 127. The van der Waals surface area contributed by atoms with Crippen LogP contribution in [0.4, 0.5) is 0 Å².